The first-order valence-corrected chi connectivity index (χ1v) is 25.5. The lowest BCUT2D eigenvalue weighted by atomic mass is 9.58. The van der Waals surface area contributed by atoms with Crippen molar-refractivity contribution in [3.05, 3.63) is 180 Å². The summed E-state index contributed by atoms with van der Waals surface area (Å²) >= 11 is 1.87. The number of rotatable bonds is 4. The van der Waals surface area contributed by atoms with Gasteiger partial charge in [0, 0.05) is 87.4 Å². The van der Waals surface area contributed by atoms with E-state index in [1.165, 1.54) is 69.5 Å². The number of hydrogen-bond acceptors (Lipinski definition) is 4. The van der Waals surface area contributed by atoms with E-state index in [9.17, 15) is 0 Å². The van der Waals surface area contributed by atoms with Gasteiger partial charge in [-0.25, -0.2) is 0 Å². The molecule has 0 unspecified atom stereocenters. The molecule has 5 heterocycles. The number of nitrogens with zero attached hydrogens (tertiary/aromatic N) is 1. The molecule has 3 aliphatic rings. The van der Waals surface area contributed by atoms with Crippen molar-refractivity contribution in [1.29, 1.82) is 0 Å². The molecule has 1 N–H and O–H groups in total. The van der Waals surface area contributed by atoms with Gasteiger partial charge in [-0.3, -0.25) is 0 Å². The Labute approximate surface area is 413 Å². The number of hydrogen-bond donors (Lipinski definition) is 1. The second-order valence-corrected chi connectivity index (χ2v) is 23.5. The molecule has 0 amide bonds. The van der Waals surface area contributed by atoms with Crippen molar-refractivity contribution in [3.8, 4) is 22.6 Å². The molecule has 0 bridgehead atoms. The van der Waals surface area contributed by atoms with Crippen LogP contribution in [0.25, 0.3) is 92.1 Å². The molecule has 1 aliphatic carbocycles. The van der Waals surface area contributed by atoms with Crippen LogP contribution in [0.15, 0.2) is 157 Å². The minimum atomic E-state index is 0.0439. The Morgan fingerprint density at radius 3 is 2.16 bits per heavy atom. The van der Waals surface area contributed by atoms with Crippen LogP contribution < -0.4 is 21.0 Å². The topological polar surface area (TPSA) is 39.3 Å². The number of aromatic nitrogens is 1. The van der Waals surface area contributed by atoms with Crippen molar-refractivity contribution in [2.45, 2.75) is 77.6 Å². The zero-order chi connectivity index (χ0) is 47.6. The number of fused-ring (bicyclic) bond motifs is 13. The molecule has 339 valence electrons. The van der Waals surface area contributed by atoms with Crippen LogP contribution in [-0.2, 0) is 16.2 Å². The van der Waals surface area contributed by atoms with Crippen LogP contribution in [0.3, 0.4) is 0 Å². The molecule has 11 aromatic rings. The van der Waals surface area contributed by atoms with Crippen molar-refractivity contribution >= 4 is 116 Å². The molecule has 0 fully saturated rings. The molecule has 2 aliphatic heterocycles. The van der Waals surface area contributed by atoms with Gasteiger partial charge >= 0.3 is 0 Å². The number of allylic oxidation sites excluding steroid dienone is 2. The molecule has 70 heavy (non-hydrogen) atoms. The van der Waals surface area contributed by atoms with Crippen molar-refractivity contribution in [1.82, 2.24) is 4.57 Å². The van der Waals surface area contributed by atoms with Gasteiger partial charge in [-0.1, -0.05) is 139 Å². The van der Waals surface area contributed by atoms with E-state index in [-0.39, 0.29) is 16.2 Å². The van der Waals surface area contributed by atoms with Crippen molar-refractivity contribution in [2.24, 2.45) is 0 Å². The monoisotopic (exact) mass is 923 g/mol. The number of furan rings is 1. The van der Waals surface area contributed by atoms with E-state index in [1.807, 2.05) is 17.4 Å². The molecule has 8 aromatic carbocycles. The van der Waals surface area contributed by atoms with E-state index in [0.29, 0.717) is 0 Å². The largest absolute Gasteiger partial charge is 0.456 e. The Balaban J connectivity index is 1.04. The van der Waals surface area contributed by atoms with Gasteiger partial charge in [-0.05, 0) is 117 Å². The van der Waals surface area contributed by atoms with Crippen molar-refractivity contribution in [3.63, 3.8) is 0 Å². The van der Waals surface area contributed by atoms with Crippen LogP contribution in [0, 0.1) is 0 Å². The molecule has 3 aromatic heterocycles. The Morgan fingerprint density at radius 1 is 0.643 bits per heavy atom. The number of nitrogens with one attached hydrogen (secondary N) is 1. The van der Waals surface area contributed by atoms with E-state index in [0.717, 1.165) is 91.3 Å². The van der Waals surface area contributed by atoms with E-state index in [2.05, 4.69) is 212 Å². The number of ether oxygens (including phenoxy) is 1. The Kier molecular flexibility index (Phi) is 8.57. The summed E-state index contributed by atoms with van der Waals surface area (Å²) in [6.07, 6.45) is 4.37. The normalized spacial score (nSPS) is 15.8. The van der Waals surface area contributed by atoms with Gasteiger partial charge < -0.3 is 19.0 Å². The van der Waals surface area contributed by atoms with Gasteiger partial charge in [0.15, 0.2) is 7.28 Å². The molecule has 0 saturated carbocycles. The molecule has 1 radical (unpaired) electrons. The molecular formula is C64H52BN2O2S. The molecule has 0 atom stereocenters. The zero-order valence-electron chi connectivity index (χ0n) is 40.7. The Hall–Kier alpha value is -7.28. The summed E-state index contributed by atoms with van der Waals surface area (Å²) < 4.78 is 18.9. The summed E-state index contributed by atoms with van der Waals surface area (Å²) in [4.78, 5) is 0. The quantitative estimate of drug-likeness (QED) is 0.179. The van der Waals surface area contributed by atoms with E-state index in [1.54, 1.807) is 0 Å². The van der Waals surface area contributed by atoms with Crippen LogP contribution in [-0.4, -0.2) is 11.8 Å². The third kappa shape index (κ3) is 6.15. The molecule has 0 spiro atoms. The van der Waals surface area contributed by atoms with E-state index < -0.39 is 0 Å². The smallest absolute Gasteiger partial charge is 0.197 e. The minimum Gasteiger partial charge on any atom is -0.456 e. The van der Waals surface area contributed by atoms with Crippen molar-refractivity contribution < 1.29 is 9.15 Å². The summed E-state index contributed by atoms with van der Waals surface area (Å²) in [5, 5.41) is 11.2. The van der Waals surface area contributed by atoms with Gasteiger partial charge in [0.1, 0.15) is 22.7 Å². The molecule has 6 heteroatoms. The standard InChI is InChI=1S/C64H52BN2O2S/c1-35-26-54(36-14-10-9-11-15-36)68-57-34-53-50(29-42(35)57)65-60-40(22-23-41-44-31-59-47(30-52(44)67(53)61(41)60)39-16-12-13-17-58(39)70-59)43-27-45-46-28-48-49(64(7,8)25-24-63(48,5)6)32-55(46)69-56(45)33-51(43)66-38-20-18-37(19-21-38)62(2,3)4/h9-23,26-34,66H,1,24-25H2,2-8H3. The predicted octanol–water partition coefficient (Wildman–Crippen LogP) is 16.5. The molecule has 0 saturated heterocycles. The van der Waals surface area contributed by atoms with Gasteiger partial charge in [0.2, 0.25) is 0 Å². The lowest BCUT2D eigenvalue weighted by molar-refractivity contribution is 0.332. The maximum Gasteiger partial charge on any atom is 0.197 e. The average Bonchev–Trinajstić information content (AvgIpc) is 4.00. The number of benzene rings is 8. The highest BCUT2D eigenvalue weighted by Gasteiger charge is 2.38. The maximum atomic E-state index is 6.94. The van der Waals surface area contributed by atoms with Gasteiger partial charge in [0.25, 0.3) is 0 Å². The summed E-state index contributed by atoms with van der Waals surface area (Å²) in [6.45, 7) is 21.0. The van der Waals surface area contributed by atoms with Crippen LogP contribution in [0.4, 0.5) is 11.4 Å². The minimum absolute atomic E-state index is 0.0439. The van der Waals surface area contributed by atoms with E-state index in [4.69, 9.17) is 9.15 Å². The first-order chi connectivity index (χ1) is 33.7. The Morgan fingerprint density at radius 2 is 1.37 bits per heavy atom. The van der Waals surface area contributed by atoms with Gasteiger partial charge in [0.05, 0.1) is 11.2 Å². The second kappa shape index (κ2) is 14.4. The van der Waals surface area contributed by atoms with Gasteiger partial charge in [-0.2, -0.15) is 0 Å². The first-order valence-electron chi connectivity index (χ1n) is 24.7. The van der Waals surface area contributed by atoms with Crippen LogP contribution in [0.1, 0.15) is 89.1 Å². The fraction of sp³-hybridized carbons (Fsp3) is 0.188. The fourth-order valence-electron chi connectivity index (χ4n) is 11.9. The molecule has 4 nitrogen and oxygen atoms in total. The SMILES string of the molecule is C=C1C=C(c2ccccc2)Oc2cc3c(cc21)[B]c1c(-c2cc4c(cc2Nc2ccc(C(C)(C)C)cc2)oc2cc5c(cc24)C(C)(C)CCC5(C)C)ccc2c4cc5sc6ccccc6c5cc4n-3c12. The lowest BCUT2D eigenvalue weighted by Crippen LogP contribution is -2.37. The van der Waals surface area contributed by atoms with Crippen LogP contribution >= 0.6 is 11.3 Å². The first kappa shape index (κ1) is 41.7. The third-order valence-corrected chi connectivity index (χ3v) is 17.1. The highest BCUT2D eigenvalue weighted by atomic mass is 32.1. The highest BCUT2D eigenvalue weighted by Crippen LogP contribution is 2.50. The van der Waals surface area contributed by atoms with Crippen LogP contribution in [0.2, 0.25) is 0 Å². The highest BCUT2D eigenvalue weighted by molar-refractivity contribution is 7.25. The molecular weight excluding hydrogens is 872 g/mol. The average molecular weight is 924 g/mol. The summed E-state index contributed by atoms with van der Waals surface area (Å²) in [5.74, 6) is 1.61. The second-order valence-electron chi connectivity index (χ2n) is 22.4. The summed E-state index contributed by atoms with van der Waals surface area (Å²) in [6, 6.07) is 51.6. The zero-order valence-corrected chi connectivity index (χ0v) is 41.5. The lowest BCUT2D eigenvalue weighted by Gasteiger charge is -2.41. The summed E-state index contributed by atoms with van der Waals surface area (Å²) in [7, 11) is 2.41. The van der Waals surface area contributed by atoms with Gasteiger partial charge in [-0.15, -0.1) is 11.3 Å². The van der Waals surface area contributed by atoms with Crippen molar-refractivity contribution in [2.75, 3.05) is 5.32 Å². The number of thiophene rings is 1. The predicted molar refractivity (Wildman–Crippen MR) is 299 cm³/mol. The number of anilines is 2. The Bertz CT molecular complexity index is 4140. The fourth-order valence-corrected chi connectivity index (χ4v) is 13.0. The molecule has 14 rings (SSSR count). The van der Waals surface area contributed by atoms with E-state index >= 15 is 0 Å². The van der Waals surface area contributed by atoms with Crippen LogP contribution in [0.5, 0.6) is 5.75 Å². The maximum absolute atomic E-state index is 6.94. The third-order valence-electron chi connectivity index (χ3n) is 16.0. The summed E-state index contributed by atoms with van der Waals surface area (Å²) in [5.41, 5.74) is 19.1.